The number of halogens is 1. The normalized spacial score (nSPS) is 17.8. The van der Waals surface area contributed by atoms with Crippen molar-refractivity contribution in [1.82, 2.24) is 9.88 Å². The molecule has 10 nitrogen and oxygen atoms in total. The number of hydrogen-bond acceptors (Lipinski definition) is 8. The number of pyridine rings is 1. The number of esters is 1. The quantitative estimate of drug-likeness (QED) is 0.180. The van der Waals surface area contributed by atoms with Gasteiger partial charge in [0.2, 0.25) is 5.91 Å². The van der Waals surface area contributed by atoms with Gasteiger partial charge in [-0.2, -0.15) is 0 Å². The fourth-order valence-corrected chi connectivity index (χ4v) is 6.17. The molecule has 4 N–H and O–H groups in total. The van der Waals surface area contributed by atoms with E-state index in [4.69, 9.17) is 15.2 Å². The summed E-state index contributed by atoms with van der Waals surface area (Å²) in [5.74, 6) is -1.96. The number of nitrogens with two attached hydrogens (primary N) is 1. The van der Waals surface area contributed by atoms with E-state index in [2.05, 4.69) is 10.3 Å². The number of aromatic nitrogens is 1. The summed E-state index contributed by atoms with van der Waals surface area (Å²) in [6.07, 6.45) is 1.86. The summed E-state index contributed by atoms with van der Waals surface area (Å²) in [5.41, 5.74) is 7.39. The molecule has 1 aliphatic heterocycles. The van der Waals surface area contributed by atoms with Crippen LogP contribution in [0.4, 0.5) is 15.9 Å². The number of fused-ring (bicyclic) bond motifs is 1. The van der Waals surface area contributed by atoms with Crippen LogP contribution in [0, 0.1) is 11.7 Å². The first kappa shape index (κ1) is 29.9. The number of hydrogen-bond donors (Lipinski definition) is 3. The van der Waals surface area contributed by atoms with E-state index in [1.165, 1.54) is 36.3 Å². The van der Waals surface area contributed by atoms with Gasteiger partial charge in [-0.05, 0) is 72.3 Å². The summed E-state index contributed by atoms with van der Waals surface area (Å²) in [7, 11) is 1.26. The maximum absolute atomic E-state index is 14.6. The van der Waals surface area contributed by atoms with Crippen molar-refractivity contribution < 1.29 is 32.2 Å². The van der Waals surface area contributed by atoms with Crippen molar-refractivity contribution in [3.8, 4) is 5.75 Å². The number of carbonyl (C=O) groups is 2. The van der Waals surface area contributed by atoms with Crippen LogP contribution in [-0.4, -0.2) is 50.8 Å². The van der Waals surface area contributed by atoms with E-state index >= 15 is 0 Å². The van der Waals surface area contributed by atoms with Crippen LogP contribution in [0.1, 0.15) is 36.6 Å². The van der Waals surface area contributed by atoms with Gasteiger partial charge < -0.3 is 30.0 Å². The fraction of sp³-hybridized carbons (Fsp3) is 0.258. The molecule has 4 aromatic rings. The Labute approximate surface area is 250 Å². The van der Waals surface area contributed by atoms with Crippen molar-refractivity contribution in [3.63, 3.8) is 0 Å². The molecule has 1 amide bonds. The Balaban J connectivity index is 1.61. The molecule has 0 aliphatic carbocycles. The number of amides is 1. The summed E-state index contributed by atoms with van der Waals surface area (Å²) >= 11 is -2.38. The number of nitrogen functional groups attached to an aromatic ring is 1. The molecule has 0 saturated carbocycles. The zero-order valence-corrected chi connectivity index (χ0v) is 24.3. The standard InChI is InChI=1S/C31H31FN4O6S/c1-3-42-25-17-19(8-11-24(25)32)27(35-20-9-10-21-18(16-20)12-14-34-29(21)33)30(37)36-15-13-23(31(38)41-2)28(36)22-6-4-5-7-26(22)43(39)40/h4-12,14,16-17,23,27-28,35H,3,13,15H2,1-2H3,(H2,33,34)(H,39,40)/t23-,27?,28-/m0/s1. The van der Waals surface area contributed by atoms with Gasteiger partial charge in [0.15, 0.2) is 22.6 Å². The van der Waals surface area contributed by atoms with Gasteiger partial charge >= 0.3 is 5.97 Å². The number of ether oxygens (including phenoxy) is 2. The highest BCUT2D eigenvalue weighted by Gasteiger charge is 2.45. The van der Waals surface area contributed by atoms with Gasteiger partial charge in [-0.1, -0.05) is 24.3 Å². The van der Waals surface area contributed by atoms with Gasteiger partial charge in [0.1, 0.15) is 11.9 Å². The minimum Gasteiger partial charge on any atom is -0.491 e. The number of likely N-dealkylation sites (tertiary alicyclic amines) is 1. The summed E-state index contributed by atoms with van der Waals surface area (Å²) in [5, 5.41) is 4.82. The van der Waals surface area contributed by atoms with E-state index in [1.54, 1.807) is 49.5 Å². The molecule has 1 fully saturated rings. The minimum absolute atomic E-state index is 0.0107. The highest BCUT2D eigenvalue weighted by molar-refractivity contribution is 7.79. The molecule has 12 heteroatoms. The molecule has 1 aromatic heterocycles. The molecule has 1 saturated heterocycles. The van der Waals surface area contributed by atoms with Gasteiger partial charge in [0, 0.05) is 23.8 Å². The van der Waals surface area contributed by atoms with Crippen molar-refractivity contribution in [2.24, 2.45) is 5.92 Å². The fourth-order valence-electron chi connectivity index (χ4n) is 5.58. The number of nitrogens with zero attached hydrogens (tertiary/aromatic N) is 2. The zero-order valence-electron chi connectivity index (χ0n) is 23.5. The van der Waals surface area contributed by atoms with Crippen LogP contribution in [0.5, 0.6) is 5.75 Å². The van der Waals surface area contributed by atoms with Crippen molar-refractivity contribution in [2.45, 2.75) is 30.3 Å². The smallest absolute Gasteiger partial charge is 0.311 e. The SMILES string of the molecule is CCOc1cc(C(Nc2ccc3c(N)nccc3c2)C(=O)N2CC[C@H](C(=O)OC)[C@@H]2c2ccccc2S(=O)O)ccc1F. The highest BCUT2D eigenvalue weighted by Crippen LogP contribution is 2.42. The van der Waals surface area contributed by atoms with Crippen LogP contribution in [0.3, 0.4) is 0 Å². The second-order valence-corrected chi connectivity index (χ2v) is 11.0. The maximum atomic E-state index is 14.6. The van der Waals surface area contributed by atoms with Gasteiger partial charge in [-0.15, -0.1) is 0 Å². The third-order valence-electron chi connectivity index (χ3n) is 7.55. The number of methoxy groups -OCH3 is 1. The average molecular weight is 607 g/mol. The first-order valence-corrected chi connectivity index (χ1v) is 14.7. The predicted octanol–water partition coefficient (Wildman–Crippen LogP) is 4.85. The number of carbonyl (C=O) groups excluding carboxylic acids is 2. The van der Waals surface area contributed by atoms with E-state index in [1.807, 2.05) is 6.07 Å². The molecule has 0 bridgehead atoms. The Bertz CT molecular complexity index is 1700. The van der Waals surface area contributed by atoms with Crippen LogP contribution >= 0.6 is 0 Å². The van der Waals surface area contributed by atoms with Crippen molar-refractivity contribution >= 4 is 45.2 Å². The van der Waals surface area contributed by atoms with E-state index in [0.29, 0.717) is 22.6 Å². The highest BCUT2D eigenvalue weighted by atomic mass is 32.2. The molecule has 224 valence electrons. The molecular weight excluding hydrogens is 575 g/mol. The van der Waals surface area contributed by atoms with Gasteiger partial charge in [0.05, 0.1) is 30.6 Å². The van der Waals surface area contributed by atoms with Gasteiger partial charge in [-0.25, -0.2) is 13.6 Å². The molecule has 43 heavy (non-hydrogen) atoms. The first-order valence-electron chi connectivity index (χ1n) is 13.6. The second-order valence-electron chi connectivity index (χ2n) is 10.0. The maximum Gasteiger partial charge on any atom is 0.311 e. The lowest BCUT2D eigenvalue weighted by atomic mass is 9.93. The third kappa shape index (κ3) is 6.02. The molecule has 4 atom stereocenters. The number of anilines is 2. The van der Waals surface area contributed by atoms with Gasteiger partial charge in [-0.3, -0.25) is 9.59 Å². The lowest BCUT2D eigenvalue weighted by Gasteiger charge is -2.32. The van der Waals surface area contributed by atoms with Crippen LogP contribution < -0.4 is 15.8 Å². The largest absolute Gasteiger partial charge is 0.491 e. The van der Waals surface area contributed by atoms with Crippen molar-refractivity contribution in [1.29, 1.82) is 0 Å². The van der Waals surface area contributed by atoms with Crippen molar-refractivity contribution in [3.05, 3.63) is 89.9 Å². The minimum atomic E-state index is -2.38. The second kappa shape index (κ2) is 12.8. The van der Waals surface area contributed by atoms with Gasteiger partial charge in [0.25, 0.3) is 0 Å². The number of nitrogens with one attached hydrogen (secondary N) is 1. The molecule has 2 unspecified atom stereocenters. The van der Waals surface area contributed by atoms with E-state index in [0.717, 1.165) is 10.8 Å². The van der Waals surface area contributed by atoms with Crippen LogP contribution in [0.25, 0.3) is 10.8 Å². The van der Waals surface area contributed by atoms with Crippen LogP contribution in [0.15, 0.2) is 77.8 Å². The predicted molar refractivity (Wildman–Crippen MR) is 160 cm³/mol. The third-order valence-corrected chi connectivity index (χ3v) is 8.30. The monoisotopic (exact) mass is 606 g/mol. The van der Waals surface area contributed by atoms with E-state index in [-0.39, 0.29) is 30.2 Å². The zero-order chi connectivity index (χ0) is 30.7. The summed E-state index contributed by atoms with van der Waals surface area (Å²) in [4.78, 5) is 33.2. The number of benzene rings is 3. The lowest BCUT2D eigenvalue weighted by molar-refractivity contribution is -0.147. The topological polar surface area (TPSA) is 144 Å². The molecular formula is C31H31FN4O6S. The molecule has 1 aliphatic rings. The molecule has 3 aromatic carbocycles. The number of rotatable bonds is 9. The van der Waals surface area contributed by atoms with E-state index in [9.17, 15) is 22.7 Å². The average Bonchev–Trinajstić information content (AvgIpc) is 3.45. The Morgan fingerprint density at radius 1 is 1.19 bits per heavy atom. The molecule has 5 rings (SSSR count). The molecule has 0 spiro atoms. The van der Waals surface area contributed by atoms with Crippen LogP contribution in [0.2, 0.25) is 0 Å². The Morgan fingerprint density at radius 2 is 1.98 bits per heavy atom. The molecule has 0 radical (unpaired) electrons. The first-order chi connectivity index (χ1) is 20.7. The Morgan fingerprint density at radius 3 is 2.72 bits per heavy atom. The summed E-state index contributed by atoms with van der Waals surface area (Å²) in [6, 6.07) is 15.8. The van der Waals surface area contributed by atoms with Crippen LogP contribution in [-0.2, 0) is 25.4 Å². The summed E-state index contributed by atoms with van der Waals surface area (Å²) < 4.78 is 47.4. The van der Waals surface area contributed by atoms with Crippen molar-refractivity contribution in [2.75, 3.05) is 31.3 Å². The summed E-state index contributed by atoms with van der Waals surface area (Å²) in [6.45, 7) is 2.12. The molecule has 2 heterocycles. The Kier molecular flexibility index (Phi) is 8.88. The van der Waals surface area contributed by atoms with E-state index < -0.39 is 46.8 Å². The lowest BCUT2D eigenvalue weighted by Crippen LogP contribution is -2.39. The Hall–Kier alpha value is -4.55.